The highest BCUT2D eigenvalue weighted by Gasteiger charge is 2.23. The maximum absolute atomic E-state index is 5.98. The zero-order valence-electron chi connectivity index (χ0n) is 17.7. The van der Waals surface area contributed by atoms with Gasteiger partial charge in [-0.15, -0.1) is 12.4 Å². The second-order valence-electron chi connectivity index (χ2n) is 8.26. The van der Waals surface area contributed by atoms with Gasteiger partial charge in [0.05, 0.1) is 24.7 Å². The van der Waals surface area contributed by atoms with E-state index in [0.29, 0.717) is 12.6 Å². The Morgan fingerprint density at radius 3 is 2.87 bits per heavy atom. The quantitative estimate of drug-likeness (QED) is 0.563. The first-order valence-corrected chi connectivity index (χ1v) is 11.0. The van der Waals surface area contributed by atoms with Crippen LogP contribution in [0.5, 0.6) is 5.75 Å². The van der Waals surface area contributed by atoms with Crippen LogP contribution in [0.3, 0.4) is 0 Å². The molecule has 1 aromatic heterocycles. The Morgan fingerprint density at radius 2 is 2.03 bits per heavy atom. The Bertz CT molecular complexity index is 740. The van der Waals surface area contributed by atoms with Crippen LogP contribution < -0.4 is 15.0 Å². The molecule has 2 atom stereocenters. The Labute approximate surface area is 186 Å². The Morgan fingerprint density at radius 1 is 1.13 bits per heavy atom. The molecule has 30 heavy (non-hydrogen) atoms. The number of pyridine rings is 1. The molecule has 2 aromatic rings. The van der Waals surface area contributed by atoms with Crippen molar-refractivity contribution in [3.05, 3.63) is 54.4 Å². The van der Waals surface area contributed by atoms with Crippen LogP contribution in [0.2, 0.25) is 0 Å². The molecule has 1 N–H and O–H groups in total. The third kappa shape index (κ3) is 6.86. The van der Waals surface area contributed by atoms with Crippen LogP contribution in [0.4, 0.5) is 5.69 Å². The predicted octanol–water partition coefficient (Wildman–Crippen LogP) is 4.46. The van der Waals surface area contributed by atoms with Crippen LogP contribution in [0.1, 0.15) is 37.7 Å². The van der Waals surface area contributed by atoms with Gasteiger partial charge in [0.15, 0.2) is 0 Å². The number of nitrogens with zero attached hydrogens (tertiary/aromatic N) is 2. The highest BCUT2D eigenvalue weighted by Crippen LogP contribution is 2.28. The minimum Gasteiger partial charge on any atom is -0.490 e. The number of anilines is 1. The number of hydrogen-bond acceptors (Lipinski definition) is 5. The van der Waals surface area contributed by atoms with E-state index in [2.05, 4.69) is 45.5 Å². The maximum atomic E-state index is 5.98. The summed E-state index contributed by atoms with van der Waals surface area (Å²) in [5.41, 5.74) is 2.43. The van der Waals surface area contributed by atoms with E-state index in [1.54, 1.807) is 0 Å². The zero-order chi connectivity index (χ0) is 19.7. The van der Waals surface area contributed by atoms with Crippen LogP contribution in [0, 0.1) is 5.92 Å². The summed E-state index contributed by atoms with van der Waals surface area (Å²) in [7, 11) is 0. The molecule has 0 amide bonds. The van der Waals surface area contributed by atoms with E-state index in [1.165, 1.54) is 36.9 Å². The lowest BCUT2D eigenvalue weighted by Gasteiger charge is -2.19. The average Bonchev–Trinajstić information content (AvgIpc) is 3.45. The van der Waals surface area contributed by atoms with Gasteiger partial charge in [-0.25, -0.2) is 0 Å². The lowest BCUT2D eigenvalue weighted by atomic mass is 10.0. The van der Waals surface area contributed by atoms with Gasteiger partial charge in [0.1, 0.15) is 12.4 Å². The molecule has 0 bridgehead atoms. The van der Waals surface area contributed by atoms with Crippen LogP contribution in [0.15, 0.2) is 48.8 Å². The Hall–Kier alpha value is -1.82. The highest BCUT2D eigenvalue weighted by atomic mass is 35.5. The number of ether oxygens (including phenoxy) is 2. The van der Waals surface area contributed by atoms with Crippen molar-refractivity contribution in [1.29, 1.82) is 0 Å². The first-order chi connectivity index (χ1) is 14.4. The van der Waals surface area contributed by atoms with E-state index >= 15 is 0 Å². The van der Waals surface area contributed by atoms with Crippen LogP contribution >= 0.6 is 12.4 Å². The van der Waals surface area contributed by atoms with Crippen molar-refractivity contribution in [3.63, 3.8) is 0 Å². The monoisotopic (exact) mass is 431 g/mol. The summed E-state index contributed by atoms with van der Waals surface area (Å²) >= 11 is 0. The molecule has 2 saturated heterocycles. The number of aromatic nitrogens is 1. The number of rotatable bonds is 10. The number of benzene rings is 1. The molecule has 0 spiro atoms. The molecule has 4 rings (SSSR count). The van der Waals surface area contributed by atoms with Gasteiger partial charge in [0, 0.05) is 31.8 Å². The summed E-state index contributed by atoms with van der Waals surface area (Å²) in [6, 6.07) is 13.0. The molecule has 164 valence electrons. The number of nitrogens with one attached hydrogen (secondary N) is 1. The zero-order valence-corrected chi connectivity index (χ0v) is 18.5. The van der Waals surface area contributed by atoms with Crippen molar-refractivity contribution >= 4 is 18.1 Å². The van der Waals surface area contributed by atoms with E-state index in [1.807, 2.05) is 18.5 Å². The van der Waals surface area contributed by atoms with Crippen molar-refractivity contribution in [2.75, 3.05) is 37.7 Å². The number of halogens is 1. The molecule has 5 nitrogen and oxygen atoms in total. The predicted molar refractivity (Wildman–Crippen MR) is 124 cm³/mol. The minimum atomic E-state index is 0. The summed E-state index contributed by atoms with van der Waals surface area (Å²) in [6.07, 6.45) is 9.84. The van der Waals surface area contributed by atoms with Gasteiger partial charge in [-0.3, -0.25) is 4.98 Å². The van der Waals surface area contributed by atoms with Crippen molar-refractivity contribution in [3.8, 4) is 5.75 Å². The van der Waals surface area contributed by atoms with E-state index in [-0.39, 0.29) is 12.4 Å². The van der Waals surface area contributed by atoms with Crippen molar-refractivity contribution in [2.24, 2.45) is 5.92 Å². The first-order valence-electron chi connectivity index (χ1n) is 11.0. The summed E-state index contributed by atoms with van der Waals surface area (Å²) in [6.45, 7) is 5.60. The number of hydrogen-bond donors (Lipinski definition) is 1. The third-order valence-electron chi connectivity index (χ3n) is 5.98. The molecule has 0 saturated carbocycles. The van der Waals surface area contributed by atoms with Crippen LogP contribution in [0.25, 0.3) is 0 Å². The van der Waals surface area contributed by atoms with Gasteiger partial charge >= 0.3 is 0 Å². The van der Waals surface area contributed by atoms with E-state index < -0.39 is 0 Å². The fraction of sp³-hybridized carbons (Fsp3) is 0.542. The van der Waals surface area contributed by atoms with E-state index in [4.69, 9.17) is 9.47 Å². The topological polar surface area (TPSA) is 46.6 Å². The third-order valence-corrected chi connectivity index (χ3v) is 5.98. The van der Waals surface area contributed by atoms with Gasteiger partial charge < -0.3 is 19.7 Å². The van der Waals surface area contributed by atoms with Gasteiger partial charge in [-0.2, -0.15) is 0 Å². The molecule has 0 unspecified atom stereocenters. The fourth-order valence-electron chi connectivity index (χ4n) is 4.30. The van der Waals surface area contributed by atoms with Crippen molar-refractivity contribution in [1.82, 2.24) is 10.3 Å². The maximum Gasteiger partial charge on any atom is 0.139 e. The summed E-state index contributed by atoms with van der Waals surface area (Å²) < 4.78 is 11.8. The first kappa shape index (κ1) is 22.9. The molecule has 6 heteroatoms. The minimum absolute atomic E-state index is 0. The molecular weight excluding hydrogens is 398 g/mol. The van der Waals surface area contributed by atoms with Crippen molar-refractivity contribution < 1.29 is 9.47 Å². The van der Waals surface area contributed by atoms with E-state index in [9.17, 15) is 0 Å². The molecule has 2 aliphatic rings. The largest absolute Gasteiger partial charge is 0.490 e. The summed E-state index contributed by atoms with van der Waals surface area (Å²) in [4.78, 5) is 6.86. The van der Waals surface area contributed by atoms with Crippen LogP contribution in [-0.4, -0.2) is 43.9 Å². The average molecular weight is 432 g/mol. The lowest BCUT2D eigenvalue weighted by Crippen LogP contribution is -2.28. The second kappa shape index (κ2) is 12.1. The Kier molecular flexibility index (Phi) is 9.25. The molecular formula is C24H34ClN3O2. The van der Waals surface area contributed by atoms with Gasteiger partial charge in [-0.1, -0.05) is 30.3 Å². The molecule has 2 aliphatic heterocycles. The Balaban J connectivity index is 0.00000256. The summed E-state index contributed by atoms with van der Waals surface area (Å²) in [5.74, 6) is 1.62. The van der Waals surface area contributed by atoms with Crippen molar-refractivity contribution in [2.45, 2.75) is 44.8 Å². The smallest absolute Gasteiger partial charge is 0.139 e. The molecule has 1 aromatic carbocycles. The van der Waals surface area contributed by atoms with Gasteiger partial charge in [-0.05, 0) is 50.1 Å². The summed E-state index contributed by atoms with van der Waals surface area (Å²) in [5, 5.41) is 3.47. The molecule has 2 fully saturated rings. The SMILES string of the molecule is Cl.c1ccc(COCCC[C@@H]2CCN(c3cncc(OC[C@@H]4CCCN4)c3)C2)cc1. The normalized spacial score (nSPS) is 20.9. The van der Waals surface area contributed by atoms with Gasteiger partial charge in [0.25, 0.3) is 0 Å². The standard InChI is InChI=1S/C24H33N3O2.ClH/c1-2-6-21(7-3-1)18-28-13-5-8-20-10-12-27(17-20)23-14-24(16-25-15-23)29-19-22-9-4-11-26-22;/h1-3,6-7,14-16,20,22,26H,4-5,8-13,17-19H2;1H/t20-,22+;/m1./s1. The highest BCUT2D eigenvalue weighted by molar-refractivity contribution is 5.85. The van der Waals surface area contributed by atoms with Crippen LogP contribution in [-0.2, 0) is 11.3 Å². The fourth-order valence-corrected chi connectivity index (χ4v) is 4.30. The lowest BCUT2D eigenvalue weighted by molar-refractivity contribution is 0.114. The van der Waals surface area contributed by atoms with Gasteiger partial charge in [0.2, 0.25) is 0 Å². The molecule has 0 radical (unpaired) electrons. The molecule has 0 aliphatic carbocycles. The van der Waals surface area contributed by atoms with E-state index in [0.717, 1.165) is 50.9 Å². The second-order valence-corrected chi connectivity index (χ2v) is 8.26. The molecule has 3 heterocycles.